The fourth-order valence-corrected chi connectivity index (χ4v) is 3.21. The van der Waals surface area contributed by atoms with Crippen LogP contribution in [-0.2, 0) is 4.79 Å². The molecule has 0 radical (unpaired) electrons. The summed E-state index contributed by atoms with van der Waals surface area (Å²) in [5.41, 5.74) is 5.91. The van der Waals surface area contributed by atoms with Gasteiger partial charge in [-0.2, -0.15) is 0 Å². The van der Waals surface area contributed by atoms with Gasteiger partial charge in [-0.05, 0) is 37.0 Å². The van der Waals surface area contributed by atoms with Gasteiger partial charge in [0.25, 0.3) is 0 Å². The molecule has 21 heavy (non-hydrogen) atoms. The van der Waals surface area contributed by atoms with Crippen molar-refractivity contribution in [2.45, 2.75) is 53.4 Å². The lowest BCUT2D eigenvalue weighted by Gasteiger charge is -2.37. The number of amides is 1. The summed E-state index contributed by atoms with van der Waals surface area (Å²) in [6.45, 7) is 9.20. The Balaban J connectivity index is 2.50. The minimum absolute atomic E-state index is 0.130. The van der Waals surface area contributed by atoms with E-state index in [1.807, 2.05) is 6.92 Å². The number of carbonyl (C=O) groups excluding carboxylic acids is 1. The first kappa shape index (κ1) is 17.8. The van der Waals surface area contributed by atoms with Crippen LogP contribution in [0.3, 0.4) is 0 Å². The summed E-state index contributed by atoms with van der Waals surface area (Å²) in [6, 6.07) is 0. The number of nitrogens with zero attached hydrogens (tertiary/aromatic N) is 2. The van der Waals surface area contributed by atoms with Gasteiger partial charge in [0, 0.05) is 25.4 Å². The van der Waals surface area contributed by atoms with Gasteiger partial charge in [0.1, 0.15) is 5.84 Å². The Morgan fingerprint density at radius 2 is 1.86 bits per heavy atom. The maximum Gasteiger partial charge on any atom is 0.225 e. The Bertz CT molecular complexity index is 379. The van der Waals surface area contributed by atoms with Crippen molar-refractivity contribution in [3.63, 3.8) is 0 Å². The van der Waals surface area contributed by atoms with Crippen LogP contribution in [-0.4, -0.2) is 35.4 Å². The molecule has 1 atom stereocenters. The molecular weight excluding hydrogens is 266 g/mol. The predicted octanol–water partition coefficient (Wildman–Crippen LogP) is 2.68. The van der Waals surface area contributed by atoms with Crippen LogP contribution in [0.5, 0.6) is 0 Å². The van der Waals surface area contributed by atoms with E-state index in [-0.39, 0.29) is 23.6 Å². The van der Waals surface area contributed by atoms with Crippen molar-refractivity contribution < 1.29 is 10.0 Å². The summed E-state index contributed by atoms with van der Waals surface area (Å²) in [5.74, 6) is 1.08. The summed E-state index contributed by atoms with van der Waals surface area (Å²) in [5, 5.41) is 11.7. The second kappa shape index (κ2) is 7.14. The molecular formula is C16H31N3O2. The molecule has 5 nitrogen and oxygen atoms in total. The van der Waals surface area contributed by atoms with E-state index < -0.39 is 0 Å². The monoisotopic (exact) mass is 297 g/mol. The van der Waals surface area contributed by atoms with Gasteiger partial charge in [0.05, 0.1) is 0 Å². The molecule has 1 fully saturated rings. The normalized spacial score (nSPS) is 25.5. The summed E-state index contributed by atoms with van der Waals surface area (Å²) in [4.78, 5) is 14.2. The molecule has 0 bridgehead atoms. The van der Waals surface area contributed by atoms with Crippen LogP contribution in [0, 0.1) is 23.2 Å². The highest BCUT2D eigenvalue weighted by molar-refractivity contribution is 5.83. The van der Waals surface area contributed by atoms with E-state index in [1.54, 1.807) is 11.9 Å². The fourth-order valence-electron chi connectivity index (χ4n) is 3.21. The molecule has 0 aromatic carbocycles. The van der Waals surface area contributed by atoms with Crippen LogP contribution in [0.4, 0.5) is 0 Å². The molecule has 0 aliphatic heterocycles. The number of oxime groups is 1. The first-order valence-corrected chi connectivity index (χ1v) is 7.89. The van der Waals surface area contributed by atoms with Crippen molar-refractivity contribution in [3.05, 3.63) is 0 Å². The van der Waals surface area contributed by atoms with E-state index in [0.29, 0.717) is 17.9 Å². The maximum absolute atomic E-state index is 12.5. The molecule has 1 aliphatic carbocycles. The van der Waals surface area contributed by atoms with E-state index >= 15 is 0 Å². The zero-order valence-corrected chi connectivity index (χ0v) is 14.1. The molecule has 0 aromatic rings. The van der Waals surface area contributed by atoms with Crippen molar-refractivity contribution in [2.75, 3.05) is 13.6 Å². The largest absolute Gasteiger partial charge is 0.409 e. The minimum Gasteiger partial charge on any atom is -0.409 e. The van der Waals surface area contributed by atoms with Crippen molar-refractivity contribution >= 4 is 11.7 Å². The molecule has 0 aromatic heterocycles. The average molecular weight is 297 g/mol. The standard InChI is InChI=1S/C16H31N3O2/c1-11(14(17)18-21)10-19(5)15(20)12-6-8-13(9-7-12)16(2,3)4/h11-13,21H,6-10H2,1-5H3,(H2,17,18). The van der Waals surface area contributed by atoms with Crippen molar-refractivity contribution in [1.82, 2.24) is 4.90 Å². The molecule has 1 amide bonds. The Kier molecular flexibility index (Phi) is 6.05. The lowest BCUT2D eigenvalue weighted by Crippen LogP contribution is -2.41. The van der Waals surface area contributed by atoms with Crippen LogP contribution >= 0.6 is 0 Å². The van der Waals surface area contributed by atoms with Crippen LogP contribution in [0.1, 0.15) is 53.4 Å². The van der Waals surface area contributed by atoms with Crippen LogP contribution in [0.2, 0.25) is 0 Å². The van der Waals surface area contributed by atoms with E-state index in [1.165, 1.54) is 0 Å². The number of rotatable bonds is 4. The second-order valence-electron chi connectivity index (χ2n) is 7.56. The molecule has 122 valence electrons. The Labute approximate surface area is 128 Å². The quantitative estimate of drug-likeness (QED) is 0.362. The zero-order chi connectivity index (χ0) is 16.2. The topological polar surface area (TPSA) is 78.9 Å². The van der Waals surface area contributed by atoms with Gasteiger partial charge in [0.2, 0.25) is 5.91 Å². The van der Waals surface area contributed by atoms with E-state index in [0.717, 1.165) is 25.7 Å². The third-order valence-electron chi connectivity index (χ3n) is 4.85. The van der Waals surface area contributed by atoms with Gasteiger partial charge < -0.3 is 15.8 Å². The van der Waals surface area contributed by atoms with Crippen LogP contribution in [0.25, 0.3) is 0 Å². The Morgan fingerprint density at radius 1 is 1.33 bits per heavy atom. The summed E-state index contributed by atoms with van der Waals surface area (Å²) in [7, 11) is 1.80. The van der Waals surface area contributed by atoms with E-state index in [2.05, 4.69) is 25.9 Å². The first-order valence-electron chi connectivity index (χ1n) is 7.89. The van der Waals surface area contributed by atoms with Gasteiger partial charge in [-0.25, -0.2) is 0 Å². The molecule has 5 heteroatoms. The second-order valence-corrected chi connectivity index (χ2v) is 7.56. The molecule has 1 saturated carbocycles. The van der Waals surface area contributed by atoms with Gasteiger partial charge in [-0.15, -0.1) is 0 Å². The highest BCUT2D eigenvalue weighted by Gasteiger charge is 2.33. The molecule has 3 N–H and O–H groups in total. The van der Waals surface area contributed by atoms with Crippen molar-refractivity contribution in [1.29, 1.82) is 0 Å². The predicted molar refractivity (Wildman–Crippen MR) is 85.1 cm³/mol. The van der Waals surface area contributed by atoms with Gasteiger partial charge >= 0.3 is 0 Å². The third-order valence-corrected chi connectivity index (χ3v) is 4.85. The lowest BCUT2D eigenvalue weighted by molar-refractivity contribution is -0.136. The summed E-state index contributed by atoms with van der Waals surface area (Å²) < 4.78 is 0. The SMILES string of the molecule is CC(CN(C)C(=O)C1CCC(C(C)(C)C)CC1)C(N)=NO. The van der Waals surface area contributed by atoms with Gasteiger partial charge in [0.15, 0.2) is 0 Å². The number of nitrogens with two attached hydrogens (primary N) is 1. The molecule has 0 saturated heterocycles. The fraction of sp³-hybridized carbons (Fsp3) is 0.875. The summed E-state index contributed by atoms with van der Waals surface area (Å²) >= 11 is 0. The smallest absolute Gasteiger partial charge is 0.225 e. The van der Waals surface area contributed by atoms with Crippen molar-refractivity contribution in [3.8, 4) is 0 Å². The number of hydrogen-bond donors (Lipinski definition) is 2. The highest BCUT2D eigenvalue weighted by atomic mass is 16.4. The molecule has 1 unspecified atom stereocenters. The average Bonchev–Trinajstić information content (AvgIpc) is 2.44. The van der Waals surface area contributed by atoms with Crippen LogP contribution in [0.15, 0.2) is 5.16 Å². The minimum atomic E-state index is -0.130. The van der Waals surface area contributed by atoms with Gasteiger partial charge in [-0.3, -0.25) is 4.79 Å². The van der Waals surface area contributed by atoms with E-state index in [9.17, 15) is 4.79 Å². The molecule has 0 spiro atoms. The number of hydrogen-bond acceptors (Lipinski definition) is 3. The Morgan fingerprint density at radius 3 is 2.29 bits per heavy atom. The third kappa shape index (κ3) is 4.90. The van der Waals surface area contributed by atoms with Gasteiger partial charge in [-0.1, -0.05) is 32.9 Å². The van der Waals surface area contributed by atoms with Crippen LogP contribution < -0.4 is 5.73 Å². The first-order chi connectivity index (χ1) is 9.66. The number of carbonyl (C=O) groups is 1. The molecule has 0 heterocycles. The summed E-state index contributed by atoms with van der Waals surface area (Å²) in [6.07, 6.45) is 4.21. The lowest BCUT2D eigenvalue weighted by atomic mass is 9.69. The maximum atomic E-state index is 12.5. The molecule has 1 rings (SSSR count). The molecule has 1 aliphatic rings. The van der Waals surface area contributed by atoms with Crippen molar-refractivity contribution in [2.24, 2.45) is 34.1 Å². The van der Waals surface area contributed by atoms with E-state index in [4.69, 9.17) is 10.9 Å². The zero-order valence-electron chi connectivity index (χ0n) is 14.1. The highest BCUT2D eigenvalue weighted by Crippen LogP contribution is 2.40. The number of amidine groups is 1. The Hall–Kier alpha value is -1.26.